The minimum absolute atomic E-state index is 0.635. The summed E-state index contributed by atoms with van der Waals surface area (Å²) in [6.07, 6.45) is 2.86. The third-order valence-electron chi connectivity index (χ3n) is 12.1. The largest absolute Gasteiger partial charge is 0.208 e. The monoisotopic (exact) mass is 708 g/mol. The van der Waals surface area contributed by atoms with Gasteiger partial charge >= 0.3 is 0 Å². The molecule has 3 aliphatic rings. The summed E-state index contributed by atoms with van der Waals surface area (Å²) in [7, 11) is 0. The molecule has 2 unspecified atom stereocenters. The molecule has 6 nitrogen and oxygen atoms in total. The molecule has 0 spiro atoms. The van der Waals surface area contributed by atoms with Gasteiger partial charge in [-0.05, 0) is 59.1 Å². The summed E-state index contributed by atoms with van der Waals surface area (Å²) in [5.74, 6) is 8.60. The van der Waals surface area contributed by atoms with Crippen molar-refractivity contribution in [3.63, 3.8) is 0 Å². The maximum atomic E-state index is 5.03. The number of rotatable bonds is 8. The van der Waals surface area contributed by atoms with Crippen LogP contribution >= 0.6 is 0 Å². The molecule has 2 atom stereocenters. The summed E-state index contributed by atoms with van der Waals surface area (Å²) in [6, 6.07) is 56.2. The van der Waals surface area contributed by atoms with Gasteiger partial charge in [0.25, 0.3) is 0 Å². The maximum absolute atomic E-state index is 5.03. The van der Waals surface area contributed by atoms with Crippen molar-refractivity contribution >= 4 is 0 Å². The minimum atomic E-state index is 0.635. The van der Waals surface area contributed by atoms with Crippen LogP contribution < -0.4 is 0 Å². The lowest BCUT2D eigenvalue weighted by Crippen LogP contribution is -2.65. The second-order valence-corrected chi connectivity index (χ2v) is 15.1. The first-order valence-electron chi connectivity index (χ1n) is 19.2. The molecule has 11 rings (SSSR count). The molecule has 0 radical (unpaired) electrons. The van der Waals surface area contributed by atoms with Crippen molar-refractivity contribution in [1.29, 1.82) is 0 Å². The van der Waals surface area contributed by atoms with Crippen molar-refractivity contribution in [2.24, 2.45) is 23.7 Å². The summed E-state index contributed by atoms with van der Waals surface area (Å²) in [6.45, 7) is 0. The van der Waals surface area contributed by atoms with E-state index >= 15 is 0 Å². The standard InChI is InChI=1S/C49H36N6/c1-4-10-33(11-5-1)44-50-45(34-12-6-2-7-13-34)52-47(51-44)36-22-16-30(17-23-36)31-18-24-37(25-19-31)48-53-46(35-14-8-3-9-15-35)54-49(55-48)38-26-20-32(21-27-38)42-40-28-39-29-41(42)43(39)40/h1-27,39-43H,28-29H2. The van der Waals surface area contributed by atoms with Crippen LogP contribution in [0.4, 0.5) is 0 Å². The molecule has 55 heavy (non-hydrogen) atoms. The highest BCUT2D eigenvalue weighted by atomic mass is 15.0. The SMILES string of the molecule is c1ccc(-c2nc(-c3ccccc3)nc(-c3ccc(-c4ccc(-c5nc(-c6ccccc6)nc(-c6ccc(C7C8CC9CC7C98)cc6)n5)cc4)cc3)n2)cc1. The Morgan fingerprint density at radius 3 is 0.855 bits per heavy atom. The lowest BCUT2D eigenvalue weighted by atomic mass is 9.31. The van der Waals surface area contributed by atoms with Crippen LogP contribution in [0.2, 0.25) is 0 Å². The second-order valence-electron chi connectivity index (χ2n) is 15.1. The van der Waals surface area contributed by atoms with Gasteiger partial charge in [0.15, 0.2) is 34.9 Å². The summed E-state index contributed by atoms with van der Waals surface area (Å²) >= 11 is 0. The van der Waals surface area contributed by atoms with Gasteiger partial charge in [0.1, 0.15) is 0 Å². The van der Waals surface area contributed by atoms with E-state index < -0.39 is 0 Å². The predicted octanol–water partition coefficient (Wildman–Crippen LogP) is 11.1. The Morgan fingerprint density at radius 1 is 0.291 bits per heavy atom. The molecule has 8 aromatic rings. The number of aromatic nitrogens is 6. The van der Waals surface area contributed by atoms with Crippen LogP contribution in [0.5, 0.6) is 0 Å². The van der Waals surface area contributed by atoms with E-state index in [1.54, 1.807) is 0 Å². The van der Waals surface area contributed by atoms with Crippen LogP contribution in [0.3, 0.4) is 0 Å². The second kappa shape index (κ2) is 13.0. The molecule has 3 fully saturated rings. The Balaban J connectivity index is 0.888. The van der Waals surface area contributed by atoms with Gasteiger partial charge in [-0.2, -0.15) is 0 Å². The van der Waals surface area contributed by atoms with E-state index in [-0.39, 0.29) is 0 Å². The molecule has 0 aliphatic heterocycles. The number of benzene rings is 6. The van der Waals surface area contributed by atoms with Crippen molar-refractivity contribution < 1.29 is 0 Å². The highest BCUT2D eigenvalue weighted by molar-refractivity contribution is 5.73. The van der Waals surface area contributed by atoms with E-state index in [1.165, 1.54) is 18.4 Å². The molecule has 3 aliphatic carbocycles. The summed E-state index contributed by atoms with van der Waals surface area (Å²) < 4.78 is 0. The first kappa shape index (κ1) is 31.8. The van der Waals surface area contributed by atoms with E-state index in [1.807, 2.05) is 78.9 Å². The lowest BCUT2D eigenvalue weighted by Gasteiger charge is -2.73. The van der Waals surface area contributed by atoms with E-state index in [9.17, 15) is 0 Å². The Bertz CT molecular complexity index is 2570. The van der Waals surface area contributed by atoms with Gasteiger partial charge in [-0.25, -0.2) is 29.9 Å². The molecular weight excluding hydrogens is 673 g/mol. The molecule has 2 heterocycles. The van der Waals surface area contributed by atoms with Gasteiger partial charge < -0.3 is 0 Å². The molecule has 0 amide bonds. The number of nitrogens with zero attached hydrogens (tertiary/aromatic N) is 6. The van der Waals surface area contributed by atoms with Crippen molar-refractivity contribution in [2.75, 3.05) is 0 Å². The fourth-order valence-electron chi connectivity index (χ4n) is 9.25. The zero-order chi connectivity index (χ0) is 36.3. The van der Waals surface area contributed by atoms with Crippen LogP contribution in [-0.4, -0.2) is 29.9 Å². The third-order valence-corrected chi connectivity index (χ3v) is 12.1. The highest BCUT2D eigenvalue weighted by Gasteiger charge is 2.67. The van der Waals surface area contributed by atoms with Gasteiger partial charge in [0.2, 0.25) is 0 Å². The Hall–Kier alpha value is -6.66. The lowest BCUT2D eigenvalue weighted by molar-refractivity contribution is -0.214. The Morgan fingerprint density at radius 2 is 0.564 bits per heavy atom. The van der Waals surface area contributed by atoms with Crippen molar-refractivity contribution in [3.8, 4) is 79.5 Å². The first-order chi connectivity index (χ1) is 27.2. The normalized spacial score (nSPS) is 20.4. The zero-order valence-electron chi connectivity index (χ0n) is 30.1. The van der Waals surface area contributed by atoms with Crippen LogP contribution in [0.25, 0.3) is 79.5 Å². The topological polar surface area (TPSA) is 77.3 Å². The minimum Gasteiger partial charge on any atom is -0.208 e. The van der Waals surface area contributed by atoms with Crippen LogP contribution in [0, 0.1) is 23.7 Å². The van der Waals surface area contributed by atoms with Gasteiger partial charge in [-0.3, -0.25) is 0 Å². The van der Waals surface area contributed by atoms with E-state index in [2.05, 4.69) is 84.9 Å². The van der Waals surface area contributed by atoms with Crippen LogP contribution in [0.15, 0.2) is 164 Å². The molecule has 0 bridgehead atoms. The summed E-state index contributed by atoms with van der Waals surface area (Å²) in [5.41, 5.74) is 9.42. The van der Waals surface area contributed by atoms with Gasteiger partial charge in [0.05, 0.1) is 0 Å². The van der Waals surface area contributed by atoms with Gasteiger partial charge in [0, 0.05) is 33.4 Å². The van der Waals surface area contributed by atoms with Crippen molar-refractivity contribution in [2.45, 2.75) is 18.8 Å². The number of hydrogen-bond donors (Lipinski definition) is 0. The average molecular weight is 709 g/mol. The fraction of sp³-hybridized carbons (Fsp3) is 0.143. The molecule has 2 aromatic heterocycles. The van der Waals surface area contributed by atoms with Gasteiger partial charge in [-0.1, -0.05) is 164 Å². The van der Waals surface area contributed by atoms with Crippen LogP contribution in [-0.2, 0) is 0 Å². The Labute approximate surface area is 320 Å². The van der Waals surface area contributed by atoms with Crippen molar-refractivity contribution in [3.05, 3.63) is 169 Å². The maximum Gasteiger partial charge on any atom is 0.164 e. The quantitative estimate of drug-likeness (QED) is 0.156. The molecule has 0 saturated heterocycles. The molecular formula is C49H36N6. The molecule has 3 saturated carbocycles. The highest BCUT2D eigenvalue weighted by Crippen LogP contribution is 2.75. The zero-order valence-corrected chi connectivity index (χ0v) is 30.1. The fourth-order valence-corrected chi connectivity index (χ4v) is 9.25. The first-order valence-corrected chi connectivity index (χ1v) is 19.2. The summed E-state index contributed by atoms with van der Waals surface area (Å²) in [4.78, 5) is 29.6. The third kappa shape index (κ3) is 5.64. The van der Waals surface area contributed by atoms with E-state index in [0.717, 1.165) is 74.1 Å². The van der Waals surface area contributed by atoms with E-state index in [0.29, 0.717) is 34.9 Å². The van der Waals surface area contributed by atoms with Crippen molar-refractivity contribution in [1.82, 2.24) is 29.9 Å². The van der Waals surface area contributed by atoms with E-state index in [4.69, 9.17) is 29.9 Å². The Kier molecular flexibility index (Phi) is 7.54. The summed E-state index contributed by atoms with van der Waals surface area (Å²) in [5, 5.41) is 0. The molecule has 6 heteroatoms. The molecule has 0 N–H and O–H groups in total. The smallest absolute Gasteiger partial charge is 0.164 e. The number of hydrogen-bond acceptors (Lipinski definition) is 6. The van der Waals surface area contributed by atoms with Crippen LogP contribution in [0.1, 0.15) is 24.3 Å². The molecule has 262 valence electrons. The molecule has 6 aromatic carbocycles. The average Bonchev–Trinajstić information content (AvgIpc) is 3.27. The predicted molar refractivity (Wildman–Crippen MR) is 217 cm³/mol. The van der Waals surface area contributed by atoms with Gasteiger partial charge in [-0.15, -0.1) is 0 Å².